The molecule has 0 atom stereocenters. The molecule has 0 spiro atoms. The van der Waals surface area contributed by atoms with Crippen LogP contribution in [0.2, 0.25) is 5.02 Å². The van der Waals surface area contributed by atoms with Crippen molar-refractivity contribution in [2.24, 2.45) is 11.7 Å². The van der Waals surface area contributed by atoms with Gasteiger partial charge < -0.3 is 15.4 Å². The molecule has 0 saturated carbocycles. The topological polar surface area (TPSA) is 55.6 Å². The van der Waals surface area contributed by atoms with Gasteiger partial charge in [0.2, 0.25) is 0 Å². The van der Waals surface area contributed by atoms with Gasteiger partial charge in [0.05, 0.1) is 17.7 Å². The minimum absolute atomic E-state index is 0.103. The molecule has 0 aliphatic heterocycles. The van der Waals surface area contributed by atoms with Crippen LogP contribution in [-0.4, -0.2) is 36.0 Å². The maximum Gasteiger partial charge on any atom is 0.257 e. The highest BCUT2D eigenvalue weighted by molar-refractivity contribution is 7.80. The monoisotopic (exact) mass is 328 g/mol. The van der Waals surface area contributed by atoms with E-state index in [-0.39, 0.29) is 5.91 Å². The first-order valence-corrected chi connectivity index (χ1v) is 7.55. The molecule has 1 aromatic rings. The Morgan fingerprint density at radius 1 is 1.48 bits per heavy atom. The Morgan fingerprint density at radius 3 is 2.67 bits per heavy atom. The number of hydrogen-bond donors (Lipinski definition) is 1. The summed E-state index contributed by atoms with van der Waals surface area (Å²) in [5.41, 5.74) is 6.03. The molecule has 1 amide bonds. The van der Waals surface area contributed by atoms with E-state index in [0.29, 0.717) is 46.8 Å². The van der Waals surface area contributed by atoms with Crippen LogP contribution >= 0.6 is 23.8 Å². The second-order valence-electron chi connectivity index (χ2n) is 5.21. The lowest BCUT2D eigenvalue weighted by atomic mass is 10.1. The Kier molecular flexibility index (Phi) is 6.92. The largest absolute Gasteiger partial charge is 0.496 e. The van der Waals surface area contributed by atoms with Gasteiger partial charge in [-0.15, -0.1) is 0 Å². The van der Waals surface area contributed by atoms with Crippen molar-refractivity contribution >= 4 is 34.7 Å². The number of thiocarbonyl (C=S) groups is 1. The number of amides is 1. The van der Waals surface area contributed by atoms with Crippen molar-refractivity contribution in [1.29, 1.82) is 0 Å². The van der Waals surface area contributed by atoms with Gasteiger partial charge in [-0.05, 0) is 24.1 Å². The van der Waals surface area contributed by atoms with Crippen molar-refractivity contribution in [1.82, 2.24) is 4.90 Å². The lowest BCUT2D eigenvalue weighted by molar-refractivity contribution is 0.0738. The molecule has 0 aliphatic rings. The van der Waals surface area contributed by atoms with E-state index in [1.165, 1.54) is 7.11 Å². The molecule has 6 heteroatoms. The smallest absolute Gasteiger partial charge is 0.257 e. The summed E-state index contributed by atoms with van der Waals surface area (Å²) >= 11 is 10.8. The van der Waals surface area contributed by atoms with Crippen LogP contribution < -0.4 is 10.5 Å². The Labute approximate surface area is 136 Å². The van der Waals surface area contributed by atoms with E-state index in [1.54, 1.807) is 23.1 Å². The average molecular weight is 329 g/mol. The number of rotatable bonds is 7. The number of benzene rings is 1. The highest BCUT2D eigenvalue weighted by Crippen LogP contribution is 2.24. The van der Waals surface area contributed by atoms with Gasteiger partial charge in [0, 0.05) is 24.5 Å². The van der Waals surface area contributed by atoms with Gasteiger partial charge in [0.15, 0.2) is 0 Å². The van der Waals surface area contributed by atoms with E-state index in [1.807, 2.05) is 0 Å². The van der Waals surface area contributed by atoms with Crippen molar-refractivity contribution in [3.05, 3.63) is 28.8 Å². The second kappa shape index (κ2) is 8.20. The molecule has 0 unspecified atom stereocenters. The Hall–Kier alpha value is -1.33. The first-order valence-electron chi connectivity index (χ1n) is 6.76. The quantitative estimate of drug-likeness (QED) is 0.781. The third kappa shape index (κ3) is 5.52. The van der Waals surface area contributed by atoms with E-state index in [2.05, 4.69) is 13.8 Å². The van der Waals surface area contributed by atoms with Crippen LogP contribution in [0.3, 0.4) is 0 Å². The first kappa shape index (κ1) is 17.7. The summed E-state index contributed by atoms with van der Waals surface area (Å²) in [5.74, 6) is 0.712. The van der Waals surface area contributed by atoms with Crippen LogP contribution in [0, 0.1) is 5.92 Å². The fourth-order valence-corrected chi connectivity index (χ4v) is 2.23. The van der Waals surface area contributed by atoms with Gasteiger partial charge in [-0.3, -0.25) is 4.79 Å². The van der Waals surface area contributed by atoms with Crippen molar-refractivity contribution in [3.8, 4) is 5.75 Å². The Bertz CT molecular complexity index is 520. The van der Waals surface area contributed by atoms with Gasteiger partial charge in [-0.25, -0.2) is 0 Å². The number of carbonyl (C=O) groups excluding carboxylic acids is 1. The summed E-state index contributed by atoms with van der Waals surface area (Å²) in [6.45, 7) is 5.24. The van der Waals surface area contributed by atoms with Crippen molar-refractivity contribution < 1.29 is 9.53 Å². The zero-order chi connectivity index (χ0) is 16.0. The van der Waals surface area contributed by atoms with Gasteiger partial charge in [0.25, 0.3) is 5.91 Å². The van der Waals surface area contributed by atoms with Gasteiger partial charge >= 0.3 is 0 Å². The number of carbonyl (C=O) groups is 1. The lowest BCUT2D eigenvalue weighted by Crippen LogP contribution is -2.36. The zero-order valence-corrected chi connectivity index (χ0v) is 14.1. The second-order valence-corrected chi connectivity index (χ2v) is 6.17. The normalized spacial score (nSPS) is 10.5. The molecule has 1 rings (SSSR count). The lowest BCUT2D eigenvalue weighted by Gasteiger charge is -2.25. The molecule has 2 N–H and O–H groups in total. The number of hydrogen-bond acceptors (Lipinski definition) is 3. The minimum Gasteiger partial charge on any atom is -0.496 e. The average Bonchev–Trinajstić information content (AvgIpc) is 2.42. The summed E-state index contributed by atoms with van der Waals surface area (Å²) < 4.78 is 5.25. The molecule has 1 aromatic carbocycles. The van der Waals surface area contributed by atoms with Gasteiger partial charge in [0.1, 0.15) is 5.75 Å². The maximum atomic E-state index is 12.7. The molecule has 0 aliphatic carbocycles. The SMILES string of the molecule is COc1cc(Cl)ccc1C(=O)N(CCC(N)=S)CC(C)C. The van der Waals surface area contributed by atoms with Crippen LogP contribution in [0.4, 0.5) is 0 Å². The molecule has 0 saturated heterocycles. The van der Waals surface area contributed by atoms with Crippen molar-refractivity contribution in [2.45, 2.75) is 20.3 Å². The fourth-order valence-electron chi connectivity index (χ4n) is 1.97. The summed E-state index contributed by atoms with van der Waals surface area (Å²) in [6, 6.07) is 4.99. The van der Waals surface area contributed by atoms with E-state index in [9.17, 15) is 4.79 Å². The molecule has 0 bridgehead atoms. The van der Waals surface area contributed by atoms with Gasteiger partial charge in [-0.2, -0.15) is 0 Å². The Morgan fingerprint density at radius 2 is 2.14 bits per heavy atom. The molecule has 0 aromatic heterocycles. The number of halogens is 1. The van der Waals surface area contributed by atoms with Crippen LogP contribution in [0.1, 0.15) is 30.6 Å². The molecular weight excluding hydrogens is 308 g/mol. The maximum absolute atomic E-state index is 12.7. The minimum atomic E-state index is -0.103. The molecule has 0 heterocycles. The van der Waals surface area contributed by atoms with Crippen LogP contribution in [-0.2, 0) is 0 Å². The summed E-state index contributed by atoms with van der Waals surface area (Å²) in [7, 11) is 1.52. The number of nitrogens with zero attached hydrogens (tertiary/aromatic N) is 1. The Balaban J connectivity index is 3.00. The molecule has 21 heavy (non-hydrogen) atoms. The van der Waals surface area contributed by atoms with Crippen molar-refractivity contribution in [3.63, 3.8) is 0 Å². The van der Waals surface area contributed by atoms with Crippen LogP contribution in [0.15, 0.2) is 18.2 Å². The number of ether oxygens (including phenoxy) is 1. The molecular formula is C15H21ClN2O2S. The van der Waals surface area contributed by atoms with Gasteiger partial charge in [-0.1, -0.05) is 37.7 Å². The zero-order valence-electron chi connectivity index (χ0n) is 12.6. The molecule has 0 radical (unpaired) electrons. The molecule has 4 nitrogen and oxygen atoms in total. The summed E-state index contributed by atoms with van der Waals surface area (Å²) in [6.07, 6.45) is 0.504. The summed E-state index contributed by atoms with van der Waals surface area (Å²) in [5, 5.41) is 0.530. The van der Waals surface area contributed by atoms with E-state index in [0.717, 1.165) is 0 Å². The first-order chi connectivity index (χ1) is 9.85. The van der Waals surface area contributed by atoms with E-state index >= 15 is 0 Å². The van der Waals surface area contributed by atoms with E-state index in [4.69, 9.17) is 34.3 Å². The summed E-state index contributed by atoms with van der Waals surface area (Å²) in [4.78, 5) is 14.9. The highest BCUT2D eigenvalue weighted by atomic mass is 35.5. The fraction of sp³-hybridized carbons (Fsp3) is 0.467. The third-order valence-corrected chi connectivity index (χ3v) is 3.33. The van der Waals surface area contributed by atoms with Crippen molar-refractivity contribution in [2.75, 3.05) is 20.2 Å². The molecule has 0 fully saturated rings. The molecule has 116 valence electrons. The van der Waals surface area contributed by atoms with Crippen LogP contribution in [0.5, 0.6) is 5.75 Å². The standard InChI is InChI=1S/C15H21ClN2O2S/c1-10(2)9-18(7-6-14(17)21)15(19)12-5-4-11(16)8-13(12)20-3/h4-5,8,10H,6-7,9H2,1-3H3,(H2,17,21). The number of nitrogens with two attached hydrogens (primary N) is 1. The predicted molar refractivity (Wildman–Crippen MR) is 90.1 cm³/mol. The highest BCUT2D eigenvalue weighted by Gasteiger charge is 2.20. The van der Waals surface area contributed by atoms with E-state index < -0.39 is 0 Å². The third-order valence-electron chi connectivity index (χ3n) is 2.89. The predicted octanol–water partition coefficient (Wildman–Crippen LogP) is 3.12. The number of methoxy groups -OCH3 is 1. The van der Waals surface area contributed by atoms with Crippen LogP contribution in [0.25, 0.3) is 0 Å².